The van der Waals surface area contributed by atoms with Gasteiger partial charge in [-0.3, -0.25) is 0 Å². The zero-order chi connectivity index (χ0) is 6.62. The molecule has 50 valence electrons. The van der Waals surface area contributed by atoms with Gasteiger partial charge in [-0.05, 0) is 19.8 Å². The van der Waals surface area contributed by atoms with E-state index in [0.29, 0.717) is 12.8 Å². The van der Waals surface area contributed by atoms with Crippen molar-refractivity contribution in [1.82, 2.24) is 0 Å². The minimum absolute atomic E-state index is 0.0906. The highest BCUT2D eigenvalue weighted by Crippen LogP contribution is 2.01. The van der Waals surface area contributed by atoms with Gasteiger partial charge in [0.25, 0.3) is 0 Å². The smallest absolute Gasteiger partial charge is 0.110 e. The first-order valence-corrected chi connectivity index (χ1v) is 2.68. The van der Waals surface area contributed by atoms with Crippen LogP contribution in [0, 0.1) is 0 Å². The largest absolute Gasteiger partial charge is 0.396 e. The van der Waals surface area contributed by atoms with Crippen LogP contribution in [0.1, 0.15) is 19.8 Å². The van der Waals surface area contributed by atoms with Crippen molar-refractivity contribution in [2.75, 3.05) is 6.61 Å². The first kappa shape index (κ1) is 7.88. The van der Waals surface area contributed by atoms with Crippen molar-refractivity contribution in [2.45, 2.75) is 25.5 Å². The van der Waals surface area contributed by atoms with Gasteiger partial charge in [0, 0.05) is 6.61 Å². The molecule has 0 aromatic carbocycles. The van der Waals surface area contributed by atoms with Crippen molar-refractivity contribution in [3.63, 3.8) is 0 Å². The molecule has 0 aromatic heterocycles. The van der Waals surface area contributed by atoms with Crippen LogP contribution < -0.4 is 5.73 Å². The molecule has 0 saturated heterocycles. The SMILES string of the molecule is CC(N)(O)CCCO. The minimum atomic E-state index is -1.11. The molecule has 0 rings (SSSR count). The van der Waals surface area contributed by atoms with Crippen LogP contribution in [0.4, 0.5) is 0 Å². The normalized spacial score (nSPS) is 18.0. The van der Waals surface area contributed by atoms with Gasteiger partial charge >= 0.3 is 0 Å². The van der Waals surface area contributed by atoms with E-state index < -0.39 is 5.72 Å². The molecule has 0 heterocycles. The van der Waals surface area contributed by atoms with Gasteiger partial charge in [-0.2, -0.15) is 0 Å². The van der Waals surface area contributed by atoms with Crippen LogP contribution in [0.25, 0.3) is 0 Å². The molecule has 0 aliphatic carbocycles. The zero-order valence-electron chi connectivity index (χ0n) is 5.09. The fourth-order valence-corrected chi connectivity index (χ4v) is 0.437. The highest BCUT2D eigenvalue weighted by atomic mass is 16.3. The van der Waals surface area contributed by atoms with Crippen LogP contribution in [-0.4, -0.2) is 22.5 Å². The average Bonchev–Trinajstić information content (AvgIpc) is 1.59. The van der Waals surface area contributed by atoms with E-state index >= 15 is 0 Å². The molecule has 1 atom stereocenters. The maximum Gasteiger partial charge on any atom is 0.110 e. The molecular formula is C5H13NO2. The molecule has 0 aliphatic heterocycles. The minimum Gasteiger partial charge on any atom is -0.396 e. The molecule has 0 aromatic rings. The molecular weight excluding hydrogens is 106 g/mol. The van der Waals surface area contributed by atoms with E-state index in [0.717, 1.165) is 0 Å². The first-order chi connectivity index (χ1) is 3.56. The summed E-state index contributed by atoms with van der Waals surface area (Å²) in [6.45, 7) is 1.61. The van der Waals surface area contributed by atoms with E-state index in [1.165, 1.54) is 6.92 Å². The number of hydrogen-bond acceptors (Lipinski definition) is 3. The molecule has 3 nitrogen and oxygen atoms in total. The van der Waals surface area contributed by atoms with Gasteiger partial charge in [-0.15, -0.1) is 0 Å². The van der Waals surface area contributed by atoms with E-state index in [9.17, 15) is 0 Å². The van der Waals surface area contributed by atoms with E-state index in [1.807, 2.05) is 0 Å². The summed E-state index contributed by atoms with van der Waals surface area (Å²) in [6.07, 6.45) is 1.01. The van der Waals surface area contributed by atoms with Crippen LogP contribution in [0.2, 0.25) is 0 Å². The summed E-state index contributed by atoms with van der Waals surface area (Å²) in [6, 6.07) is 0. The summed E-state index contributed by atoms with van der Waals surface area (Å²) in [5.74, 6) is 0. The van der Waals surface area contributed by atoms with Crippen LogP contribution in [-0.2, 0) is 0 Å². The summed E-state index contributed by atoms with van der Waals surface area (Å²) in [5.41, 5.74) is 4.06. The lowest BCUT2D eigenvalue weighted by Crippen LogP contribution is -2.35. The number of nitrogens with two attached hydrogens (primary N) is 1. The predicted octanol–water partition coefficient (Wildman–Crippen LogP) is -0.574. The van der Waals surface area contributed by atoms with Crippen LogP contribution in [0.3, 0.4) is 0 Å². The maximum absolute atomic E-state index is 8.82. The number of hydrogen-bond donors (Lipinski definition) is 3. The third kappa shape index (κ3) is 5.88. The zero-order valence-corrected chi connectivity index (χ0v) is 5.09. The van der Waals surface area contributed by atoms with Crippen molar-refractivity contribution in [3.05, 3.63) is 0 Å². The second-order valence-corrected chi connectivity index (χ2v) is 2.18. The second-order valence-electron chi connectivity index (χ2n) is 2.18. The molecule has 4 N–H and O–H groups in total. The maximum atomic E-state index is 8.82. The van der Waals surface area contributed by atoms with Gasteiger partial charge in [0.2, 0.25) is 0 Å². The predicted molar refractivity (Wildman–Crippen MR) is 31.1 cm³/mol. The Hall–Kier alpha value is -0.120. The molecule has 0 aliphatic rings. The lowest BCUT2D eigenvalue weighted by Gasteiger charge is -2.15. The summed E-state index contributed by atoms with van der Waals surface area (Å²) < 4.78 is 0. The highest BCUT2D eigenvalue weighted by Gasteiger charge is 2.10. The van der Waals surface area contributed by atoms with Gasteiger partial charge < -0.3 is 15.9 Å². The summed E-state index contributed by atoms with van der Waals surface area (Å²) >= 11 is 0. The lowest BCUT2D eigenvalue weighted by molar-refractivity contribution is 0.0503. The topological polar surface area (TPSA) is 66.5 Å². The molecule has 0 radical (unpaired) electrons. The van der Waals surface area contributed by atoms with Crippen molar-refractivity contribution >= 4 is 0 Å². The number of aliphatic hydroxyl groups is 2. The Kier molecular flexibility index (Phi) is 2.97. The number of aliphatic hydroxyl groups excluding tert-OH is 1. The Morgan fingerprint density at radius 2 is 2.12 bits per heavy atom. The van der Waals surface area contributed by atoms with Gasteiger partial charge in [0.15, 0.2) is 0 Å². The Bertz CT molecular complexity index is 57.9. The van der Waals surface area contributed by atoms with Gasteiger partial charge in [-0.25, -0.2) is 0 Å². The quantitative estimate of drug-likeness (QED) is 0.436. The van der Waals surface area contributed by atoms with E-state index in [4.69, 9.17) is 15.9 Å². The fraction of sp³-hybridized carbons (Fsp3) is 1.00. The molecule has 3 heteroatoms. The molecule has 0 amide bonds. The summed E-state index contributed by atoms with van der Waals surface area (Å²) in [4.78, 5) is 0. The van der Waals surface area contributed by atoms with E-state index in [-0.39, 0.29) is 6.61 Å². The molecule has 0 spiro atoms. The Balaban J connectivity index is 3.11. The van der Waals surface area contributed by atoms with Crippen molar-refractivity contribution in [2.24, 2.45) is 5.73 Å². The van der Waals surface area contributed by atoms with Crippen molar-refractivity contribution < 1.29 is 10.2 Å². The lowest BCUT2D eigenvalue weighted by atomic mass is 10.1. The highest BCUT2D eigenvalue weighted by molar-refractivity contribution is 4.61. The average molecular weight is 119 g/mol. The van der Waals surface area contributed by atoms with E-state index in [2.05, 4.69) is 0 Å². The van der Waals surface area contributed by atoms with E-state index in [1.54, 1.807) is 0 Å². The molecule has 1 unspecified atom stereocenters. The van der Waals surface area contributed by atoms with Crippen molar-refractivity contribution in [3.8, 4) is 0 Å². The monoisotopic (exact) mass is 119 g/mol. The Labute approximate surface area is 49.1 Å². The standard InChI is InChI=1S/C5H13NO2/c1-5(6,8)3-2-4-7/h7-8H,2-4,6H2,1H3. The third-order valence-electron chi connectivity index (χ3n) is 0.841. The molecule has 0 saturated carbocycles. The van der Waals surface area contributed by atoms with Crippen molar-refractivity contribution in [1.29, 1.82) is 0 Å². The first-order valence-electron chi connectivity index (χ1n) is 2.68. The number of rotatable bonds is 3. The Morgan fingerprint density at radius 1 is 1.62 bits per heavy atom. The van der Waals surface area contributed by atoms with Crippen LogP contribution in [0.5, 0.6) is 0 Å². The molecule has 0 bridgehead atoms. The fourth-order valence-electron chi connectivity index (χ4n) is 0.437. The summed E-state index contributed by atoms with van der Waals surface area (Å²) in [7, 11) is 0. The van der Waals surface area contributed by atoms with Gasteiger partial charge in [-0.1, -0.05) is 0 Å². The molecule has 8 heavy (non-hydrogen) atoms. The van der Waals surface area contributed by atoms with Gasteiger partial charge in [0.1, 0.15) is 5.72 Å². The third-order valence-corrected chi connectivity index (χ3v) is 0.841. The van der Waals surface area contributed by atoms with Crippen LogP contribution >= 0.6 is 0 Å². The molecule has 0 fully saturated rings. The summed E-state index contributed by atoms with van der Waals surface area (Å²) in [5, 5.41) is 17.1. The van der Waals surface area contributed by atoms with Gasteiger partial charge in [0.05, 0.1) is 0 Å². The Morgan fingerprint density at radius 3 is 2.25 bits per heavy atom. The van der Waals surface area contributed by atoms with Crippen LogP contribution in [0.15, 0.2) is 0 Å². The second kappa shape index (κ2) is 3.02.